The average molecular weight is 386 g/mol. The van der Waals surface area contributed by atoms with Crippen molar-refractivity contribution in [2.45, 2.75) is 44.2 Å². The summed E-state index contributed by atoms with van der Waals surface area (Å²) < 4.78 is 23.4. The first-order chi connectivity index (χ1) is 12.9. The number of aryl methyl sites for hydroxylation is 3. The molecule has 27 heavy (non-hydrogen) atoms. The zero-order chi connectivity index (χ0) is 19.4. The van der Waals surface area contributed by atoms with Gasteiger partial charge in [0.1, 0.15) is 0 Å². The second-order valence-corrected chi connectivity index (χ2v) is 9.09. The summed E-state index contributed by atoms with van der Waals surface area (Å²) >= 11 is 0. The first-order valence-electron chi connectivity index (χ1n) is 9.21. The molecule has 0 unspecified atom stereocenters. The third-order valence-corrected chi connectivity index (χ3v) is 6.20. The molecule has 5 nitrogen and oxygen atoms in total. The molecule has 0 saturated carbocycles. The van der Waals surface area contributed by atoms with Gasteiger partial charge in [0.2, 0.25) is 0 Å². The topological polar surface area (TPSA) is 70.6 Å². The van der Waals surface area contributed by atoms with Crippen molar-refractivity contribution >= 4 is 15.8 Å². The lowest BCUT2D eigenvalue weighted by Crippen LogP contribution is -2.36. The largest absolute Gasteiger partial charge is 0.352 e. The van der Waals surface area contributed by atoms with Crippen molar-refractivity contribution in [2.24, 2.45) is 4.99 Å². The molecule has 2 aromatic rings. The molecule has 1 aliphatic rings. The van der Waals surface area contributed by atoms with Crippen LogP contribution in [0, 0.1) is 6.92 Å². The molecule has 0 spiro atoms. The Morgan fingerprint density at radius 1 is 1.00 bits per heavy atom. The van der Waals surface area contributed by atoms with Gasteiger partial charge >= 0.3 is 0 Å². The normalized spacial score (nSPS) is 14.1. The first-order valence-corrected chi connectivity index (χ1v) is 11.1. The van der Waals surface area contributed by atoms with Gasteiger partial charge in [0.25, 0.3) is 0 Å². The molecule has 2 N–H and O–H groups in total. The molecule has 0 fully saturated rings. The van der Waals surface area contributed by atoms with Crippen LogP contribution >= 0.6 is 0 Å². The number of aliphatic imine (C=N–C) groups is 1. The van der Waals surface area contributed by atoms with Crippen molar-refractivity contribution in [1.82, 2.24) is 10.6 Å². The van der Waals surface area contributed by atoms with Crippen molar-refractivity contribution in [3.8, 4) is 0 Å². The van der Waals surface area contributed by atoms with E-state index in [-0.39, 0.29) is 0 Å². The van der Waals surface area contributed by atoms with Gasteiger partial charge in [-0.1, -0.05) is 30.3 Å². The van der Waals surface area contributed by atoms with Gasteiger partial charge in [0, 0.05) is 26.4 Å². The number of guanidine groups is 1. The van der Waals surface area contributed by atoms with Gasteiger partial charge in [-0.05, 0) is 60.1 Å². The molecule has 6 heteroatoms. The summed E-state index contributed by atoms with van der Waals surface area (Å²) in [4.78, 5) is 4.65. The molecule has 0 aliphatic heterocycles. The van der Waals surface area contributed by atoms with E-state index in [0.717, 1.165) is 23.6 Å². The van der Waals surface area contributed by atoms with Gasteiger partial charge in [-0.25, -0.2) is 8.42 Å². The van der Waals surface area contributed by atoms with E-state index in [4.69, 9.17) is 0 Å². The third-order valence-electron chi connectivity index (χ3n) is 4.95. The summed E-state index contributed by atoms with van der Waals surface area (Å²) in [7, 11) is -1.44. The zero-order valence-corrected chi connectivity index (χ0v) is 17.0. The second-order valence-electron chi connectivity index (χ2n) is 7.11. The monoisotopic (exact) mass is 385 g/mol. The first kappa shape index (κ1) is 19.4. The minimum atomic E-state index is -3.19. The molecule has 0 amide bonds. The molecule has 2 aromatic carbocycles. The van der Waals surface area contributed by atoms with Crippen LogP contribution in [0.4, 0.5) is 0 Å². The van der Waals surface area contributed by atoms with Gasteiger partial charge in [0.05, 0.1) is 4.90 Å². The second kappa shape index (κ2) is 8.13. The molecule has 0 heterocycles. The van der Waals surface area contributed by atoms with Crippen molar-refractivity contribution in [1.29, 1.82) is 0 Å². The molecule has 0 bridgehead atoms. The number of hydrogen-bond acceptors (Lipinski definition) is 3. The van der Waals surface area contributed by atoms with Crippen LogP contribution in [0.1, 0.15) is 34.2 Å². The zero-order valence-electron chi connectivity index (χ0n) is 16.2. The van der Waals surface area contributed by atoms with Crippen LogP contribution in [-0.2, 0) is 35.8 Å². The summed E-state index contributed by atoms with van der Waals surface area (Å²) in [5, 5.41) is 6.62. The van der Waals surface area contributed by atoms with Crippen molar-refractivity contribution in [3.05, 3.63) is 64.2 Å². The van der Waals surface area contributed by atoms with Crippen molar-refractivity contribution in [2.75, 3.05) is 13.3 Å². The van der Waals surface area contributed by atoms with Gasteiger partial charge in [0.15, 0.2) is 15.8 Å². The Bertz CT molecular complexity index is 965. The van der Waals surface area contributed by atoms with E-state index < -0.39 is 9.84 Å². The maximum atomic E-state index is 11.7. The Kier molecular flexibility index (Phi) is 5.85. The fourth-order valence-electron chi connectivity index (χ4n) is 3.56. The number of fused-ring (bicyclic) bond motifs is 1. The summed E-state index contributed by atoms with van der Waals surface area (Å²) in [6.45, 7) is 3.12. The Hall–Kier alpha value is -2.34. The van der Waals surface area contributed by atoms with Crippen LogP contribution in [0.3, 0.4) is 0 Å². The Morgan fingerprint density at radius 2 is 1.63 bits per heavy atom. The highest BCUT2D eigenvalue weighted by Gasteiger charge is 2.12. The molecule has 144 valence electrons. The van der Waals surface area contributed by atoms with Crippen LogP contribution in [0.25, 0.3) is 0 Å². The van der Waals surface area contributed by atoms with Gasteiger partial charge < -0.3 is 10.6 Å². The maximum absolute atomic E-state index is 11.7. The van der Waals surface area contributed by atoms with Crippen LogP contribution in [-0.4, -0.2) is 27.7 Å². The number of nitrogens with one attached hydrogen (secondary N) is 2. The molecule has 0 atom stereocenters. The van der Waals surface area contributed by atoms with Crippen molar-refractivity contribution in [3.63, 3.8) is 0 Å². The lowest BCUT2D eigenvalue weighted by Gasteiger charge is -2.13. The minimum Gasteiger partial charge on any atom is -0.352 e. The molecule has 3 rings (SSSR count). The van der Waals surface area contributed by atoms with E-state index in [1.165, 1.54) is 42.2 Å². The molecule has 0 aromatic heterocycles. The van der Waals surface area contributed by atoms with E-state index in [1.807, 2.05) is 19.1 Å². The summed E-state index contributed by atoms with van der Waals surface area (Å²) in [6, 6.07) is 12.1. The number of nitrogens with zero attached hydrogens (tertiary/aromatic N) is 1. The minimum absolute atomic E-state index is 0.380. The molecule has 1 aliphatic carbocycles. The number of rotatable bonds is 5. The molecular weight excluding hydrogens is 358 g/mol. The number of sulfone groups is 1. The summed E-state index contributed by atoms with van der Waals surface area (Å²) in [6.07, 6.45) is 4.87. The predicted octanol–water partition coefficient (Wildman–Crippen LogP) is 2.75. The van der Waals surface area contributed by atoms with E-state index in [9.17, 15) is 8.42 Å². The van der Waals surface area contributed by atoms with Gasteiger partial charge in [-0.2, -0.15) is 0 Å². The highest BCUT2D eigenvalue weighted by molar-refractivity contribution is 7.90. The standard InChI is InChI=1S/C21H27N3O2S/c1-15-11-16(8-10-20(15)27(3,25)26)13-23-21(22-2)24-14-17-7-9-18-5-4-6-19(18)12-17/h7-12H,4-6,13-14H2,1-3H3,(H2,22,23,24). The summed E-state index contributed by atoms with van der Waals surface area (Å²) in [5.74, 6) is 0.723. The van der Waals surface area contributed by atoms with E-state index in [1.54, 1.807) is 13.1 Å². The Labute approximate surface area is 161 Å². The van der Waals surface area contributed by atoms with Crippen LogP contribution in [0.15, 0.2) is 46.3 Å². The molecule has 0 saturated heterocycles. The summed E-state index contributed by atoms with van der Waals surface area (Å²) in [5.41, 5.74) is 5.98. The van der Waals surface area contributed by atoms with E-state index >= 15 is 0 Å². The SMILES string of the molecule is CN=C(NCc1ccc(S(C)(=O)=O)c(C)c1)NCc1ccc2c(c1)CCC2. The molecular formula is C21H27N3O2S. The Morgan fingerprint density at radius 3 is 2.26 bits per heavy atom. The average Bonchev–Trinajstić information content (AvgIpc) is 3.08. The van der Waals surface area contributed by atoms with Crippen LogP contribution < -0.4 is 10.6 Å². The van der Waals surface area contributed by atoms with Gasteiger partial charge in [-0.3, -0.25) is 4.99 Å². The smallest absolute Gasteiger partial charge is 0.191 e. The quantitative estimate of drug-likeness (QED) is 0.613. The maximum Gasteiger partial charge on any atom is 0.191 e. The fraction of sp³-hybridized carbons (Fsp3) is 0.381. The lowest BCUT2D eigenvalue weighted by atomic mass is 10.1. The van der Waals surface area contributed by atoms with E-state index in [0.29, 0.717) is 11.4 Å². The van der Waals surface area contributed by atoms with Crippen molar-refractivity contribution < 1.29 is 8.42 Å². The molecule has 0 radical (unpaired) electrons. The number of hydrogen-bond donors (Lipinski definition) is 2. The predicted molar refractivity (Wildman–Crippen MR) is 110 cm³/mol. The highest BCUT2D eigenvalue weighted by atomic mass is 32.2. The van der Waals surface area contributed by atoms with Crippen LogP contribution in [0.5, 0.6) is 0 Å². The number of benzene rings is 2. The third kappa shape index (κ3) is 4.89. The van der Waals surface area contributed by atoms with Gasteiger partial charge in [-0.15, -0.1) is 0 Å². The Balaban J connectivity index is 1.57. The van der Waals surface area contributed by atoms with E-state index in [2.05, 4.69) is 33.8 Å². The fourth-order valence-corrected chi connectivity index (χ4v) is 4.52. The lowest BCUT2D eigenvalue weighted by molar-refractivity contribution is 0.601. The van der Waals surface area contributed by atoms with Crippen LogP contribution in [0.2, 0.25) is 0 Å². The highest BCUT2D eigenvalue weighted by Crippen LogP contribution is 2.22.